The highest BCUT2D eigenvalue weighted by Crippen LogP contribution is 2.29. The molecule has 0 bridgehead atoms. The Morgan fingerprint density at radius 2 is 1.77 bits per heavy atom. The quantitative estimate of drug-likeness (QED) is 0.420. The zero-order valence-corrected chi connectivity index (χ0v) is 18.0. The highest BCUT2D eigenvalue weighted by atomic mass is 35.5. The minimum Gasteiger partial charge on any atom is -0.258 e. The zero-order chi connectivity index (χ0) is 22.0. The number of tetrazole rings is 1. The van der Waals surface area contributed by atoms with Gasteiger partial charge in [-0.2, -0.15) is 4.31 Å². The van der Waals surface area contributed by atoms with Crippen molar-refractivity contribution in [3.63, 3.8) is 0 Å². The monoisotopic (exact) mass is 462 g/mol. The van der Waals surface area contributed by atoms with Gasteiger partial charge >= 0.3 is 0 Å². The Balaban J connectivity index is 1.71. The van der Waals surface area contributed by atoms with Crippen LogP contribution in [0, 0.1) is 10.1 Å². The Morgan fingerprint density at radius 1 is 1.03 bits per heavy atom. The van der Waals surface area contributed by atoms with E-state index in [1.54, 1.807) is 24.3 Å². The first kappa shape index (κ1) is 21.3. The number of sulfonamides is 1. The number of nitro groups is 1. The molecule has 10 nitrogen and oxygen atoms in total. The van der Waals surface area contributed by atoms with Crippen LogP contribution in [0.25, 0.3) is 17.1 Å². The molecule has 1 aliphatic heterocycles. The third-order valence-corrected chi connectivity index (χ3v) is 7.19. The van der Waals surface area contributed by atoms with Gasteiger partial charge in [0.25, 0.3) is 5.69 Å². The van der Waals surface area contributed by atoms with Gasteiger partial charge < -0.3 is 0 Å². The van der Waals surface area contributed by atoms with Crippen LogP contribution in [0.1, 0.15) is 25.7 Å². The second kappa shape index (κ2) is 8.69. The lowest BCUT2D eigenvalue weighted by Gasteiger charge is -2.19. The van der Waals surface area contributed by atoms with E-state index in [1.807, 2.05) is 0 Å². The predicted molar refractivity (Wildman–Crippen MR) is 113 cm³/mol. The summed E-state index contributed by atoms with van der Waals surface area (Å²) in [7, 11) is -3.83. The van der Waals surface area contributed by atoms with Gasteiger partial charge in [0, 0.05) is 29.7 Å². The molecule has 0 N–H and O–H groups in total. The second-order valence-corrected chi connectivity index (χ2v) is 9.51. The SMILES string of the molecule is O=[N+]([O-])c1cc(S(=O)(=O)N2CCCCCC2)ccc1-n1nnc(-c2cccc(Cl)c2)n1. The number of hydrogen-bond acceptors (Lipinski definition) is 7. The maximum atomic E-state index is 13.0. The van der Waals surface area contributed by atoms with Crippen molar-refractivity contribution in [1.82, 2.24) is 24.5 Å². The third-order valence-electron chi connectivity index (χ3n) is 5.06. The van der Waals surface area contributed by atoms with Crippen LogP contribution < -0.4 is 0 Å². The van der Waals surface area contributed by atoms with Crippen LogP contribution in [-0.2, 0) is 10.0 Å². The maximum absolute atomic E-state index is 13.0. The molecule has 0 amide bonds. The van der Waals surface area contributed by atoms with Crippen molar-refractivity contribution in [2.45, 2.75) is 30.6 Å². The lowest BCUT2D eigenvalue weighted by molar-refractivity contribution is -0.384. The molecule has 0 saturated carbocycles. The fourth-order valence-corrected chi connectivity index (χ4v) is 5.20. The molecule has 162 valence electrons. The smallest absolute Gasteiger partial charge is 0.258 e. The van der Waals surface area contributed by atoms with Crippen molar-refractivity contribution >= 4 is 27.3 Å². The molecule has 0 spiro atoms. The molecule has 31 heavy (non-hydrogen) atoms. The number of rotatable bonds is 5. The summed E-state index contributed by atoms with van der Waals surface area (Å²) in [6.45, 7) is 0.816. The van der Waals surface area contributed by atoms with E-state index in [9.17, 15) is 18.5 Å². The highest BCUT2D eigenvalue weighted by molar-refractivity contribution is 7.89. The molecule has 4 rings (SSSR count). The van der Waals surface area contributed by atoms with Crippen molar-refractivity contribution < 1.29 is 13.3 Å². The van der Waals surface area contributed by atoms with Gasteiger partial charge in [-0.3, -0.25) is 10.1 Å². The minimum atomic E-state index is -3.83. The van der Waals surface area contributed by atoms with E-state index in [-0.39, 0.29) is 16.4 Å². The number of hydrogen-bond donors (Lipinski definition) is 0. The van der Waals surface area contributed by atoms with Gasteiger partial charge in [-0.1, -0.05) is 36.6 Å². The Morgan fingerprint density at radius 3 is 2.45 bits per heavy atom. The molecule has 1 aromatic heterocycles. The van der Waals surface area contributed by atoms with E-state index < -0.39 is 20.6 Å². The molecule has 3 aromatic rings. The number of nitrogens with zero attached hydrogens (tertiary/aromatic N) is 6. The molecule has 12 heteroatoms. The lowest BCUT2D eigenvalue weighted by Crippen LogP contribution is -2.32. The number of halogens is 1. The average molecular weight is 463 g/mol. The van der Waals surface area contributed by atoms with Gasteiger partial charge in [-0.15, -0.1) is 15.0 Å². The van der Waals surface area contributed by atoms with E-state index in [1.165, 1.54) is 16.4 Å². The topological polar surface area (TPSA) is 124 Å². The standard InChI is InChI=1S/C19H19ClN6O4S/c20-15-7-5-6-14(12-15)19-21-23-25(22-19)17-9-8-16(13-18(17)26(27)28)31(29,30)24-10-3-1-2-4-11-24/h5-9,12-13H,1-4,10-11H2. The average Bonchev–Trinajstić information content (AvgIpc) is 3.07. The first-order valence-electron chi connectivity index (χ1n) is 9.71. The highest BCUT2D eigenvalue weighted by Gasteiger charge is 2.29. The molecule has 0 radical (unpaired) electrons. The van der Waals surface area contributed by atoms with Crippen LogP contribution in [0.15, 0.2) is 47.4 Å². The molecule has 1 aliphatic rings. The Labute approximate surface area is 183 Å². The predicted octanol–water partition coefficient (Wildman–Crippen LogP) is 3.46. The van der Waals surface area contributed by atoms with Crippen LogP contribution in [0.4, 0.5) is 5.69 Å². The van der Waals surface area contributed by atoms with E-state index in [4.69, 9.17) is 11.6 Å². The second-order valence-electron chi connectivity index (χ2n) is 7.14. The van der Waals surface area contributed by atoms with Crippen molar-refractivity contribution in [2.24, 2.45) is 0 Å². The van der Waals surface area contributed by atoms with Crippen molar-refractivity contribution in [1.29, 1.82) is 0 Å². The number of nitro benzene ring substituents is 1. The first-order chi connectivity index (χ1) is 14.9. The van der Waals surface area contributed by atoms with Gasteiger partial charge in [0.05, 0.1) is 9.82 Å². The third kappa shape index (κ3) is 4.43. The van der Waals surface area contributed by atoms with Crippen LogP contribution in [-0.4, -0.2) is 50.9 Å². The summed E-state index contributed by atoms with van der Waals surface area (Å²) in [6, 6.07) is 10.5. The normalized spacial score (nSPS) is 15.5. The Bertz CT molecular complexity index is 1220. The van der Waals surface area contributed by atoms with Crippen molar-refractivity contribution in [2.75, 3.05) is 13.1 Å². The summed E-state index contributed by atoms with van der Waals surface area (Å²) in [6.07, 6.45) is 3.49. The van der Waals surface area contributed by atoms with Crippen molar-refractivity contribution in [3.8, 4) is 17.1 Å². The van der Waals surface area contributed by atoms with Gasteiger partial charge in [-0.25, -0.2) is 8.42 Å². The van der Waals surface area contributed by atoms with Gasteiger partial charge in [0.15, 0.2) is 5.69 Å². The summed E-state index contributed by atoms with van der Waals surface area (Å²) in [5.41, 5.74) is 0.188. The summed E-state index contributed by atoms with van der Waals surface area (Å²) in [4.78, 5) is 11.9. The van der Waals surface area contributed by atoms with E-state index >= 15 is 0 Å². The zero-order valence-electron chi connectivity index (χ0n) is 16.4. The van der Waals surface area contributed by atoms with Crippen LogP contribution in [0.3, 0.4) is 0 Å². The molecule has 1 fully saturated rings. The first-order valence-corrected chi connectivity index (χ1v) is 11.5. The minimum absolute atomic E-state index is 0.0144. The number of benzene rings is 2. The summed E-state index contributed by atoms with van der Waals surface area (Å²) in [5, 5.41) is 24.2. The summed E-state index contributed by atoms with van der Waals surface area (Å²) >= 11 is 5.99. The van der Waals surface area contributed by atoms with Crippen molar-refractivity contribution in [3.05, 3.63) is 57.6 Å². The summed E-state index contributed by atoms with van der Waals surface area (Å²) < 4.78 is 27.4. The van der Waals surface area contributed by atoms with E-state index in [0.29, 0.717) is 23.7 Å². The molecular formula is C19H19ClN6O4S. The fraction of sp³-hybridized carbons (Fsp3) is 0.316. The molecular weight excluding hydrogens is 444 g/mol. The Hall–Kier alpha value is -2.89. The van der Waals surface area contributed by atoms with E-state index in [0.717, 1.165) is 36.5 Å². The van der Waals surface area contributed by atoms with Crippen LogP contribution in [0.5, 0.6) is 0 Å². The Kier molecular flexibility index (Phi) is 5.99. The summed E-state index contributed by atoms with van der Waals surface area (Å²) in [5.74, 6) is 0.234. The maximum Gasteiger partial charge on any atom is 0.298 e. The molecule has 0 aliphatic carbocycles. The van der Waals surface area contributed by atoms with Crippen LogP contribution in [0.2, 0.25) is 5.02 Å². The number of aromatic nitrogens is 4. The molecule has 0 unspecified atom stereocenters. The molecule has 2 aromatic carbocycles. The van der Waals surface area contributed by atoms with Gasteiger partial charge in [-0.05, 0) is 42.3 Å². The molecule has 0 atom stereocenters. The largest absolute Gasteiger partial charge is 0.298 e. The molecule has 1 saturated heterocycles. The lowest BCUT2D eigenvalue weighted by atomic mass is 10.2. The van der Waals surface area contributed by atoms with Gasteiger partial charge in [0.2, 0.25) is 15.8 Å². The fourth-order valence-electron chi connectivity index (χ4n) is 3.47. The molecule has 2 heterocycles. The van der Waals surface area contributed by atoms with Crippen LogP contribution >= 0.6 is 11.6 Å². The van der Waals surface area contributed by atoms with E-state index in [2.05, 4.69) is 15.4 Å². The van der Waals surface area contributed by atoms with Gasteiger partial charge in [0.1, 0.15) is 0 Å².